The van der Waals surface area contributed by atoms with Crippen LogP contribution in [0.5, 0.6) is 5.75 Å². The topological polar surface area (TPSA) is 74.1 Å². The zero-order valence-electron chi connectivity index (χ0n) is 13.8. The number of carbonyl (C=O) groups is 1. The number of fused-ring (bicyclic) bond motifs is 1. The number of Topliss-reactive ketones (excluding diaryl/α,β-unsaturated/α-hetero) is 1. The summed E-state index contributed by atoms with van der Waals surface area (Å²) in [7, 11) is 1.62. The first-order valence-electron chi connectivity index (χ1n) is 7.62. The number of ketones is 1. The van der Waals surface area contributed by atoms with Crippen LogP contribution in [0.15, 0.2) is 41.6 Å². The van der Waals surface area contributed by atoms with Crippen LogP contribution < -0.4 is 10.3 Å². The Hall–Kier alpha value is -2.54. The Morgan fingerprint density at radius 3 is 2.76 bits per heavy atom. The number of carbonyl (C=O) groups excluding carboxylic acids is 1. The molecule has 3 rings (SSSR count). The van der Waals surface area contributed by atoms with Crippen LogP contribution in [-0.2, 0) is 6.54 Å². The normalized spacial score (nSPS) is 10.8. The van der Waals surface area contributed by atoms with Crippen molar-refractivity contribution in [3.63, 3.8) is 0 Å². The standard InChI is InChI=1S/C18H16BrN3O3/c1-11-7-13(25-2)4-3-12(11)9-22-10-21-16-14(18(22)24)5-6-20-17(16)15(23)8-19/h3-7,10H,8-9H2,1-2H3. The molecule has 0 fully saturated rings. The minimum absolute atomic E-state index is 0.134. The number of alkyl halides is 1. The van der Waals surface area contributed by atoms with Crippen molar-refractivity contribution >= 4 is 32.6 Å². The van der Waals surface area contributed by atoms with Gasteiger partial charge in [0.15, 0.2) is 5.78 Å². The van der Waals surface area contributed by atoms with Crippen molar-refractivity contribution in [2.75, 3.05) is 12.4 Å². The van der Waals surface area contributed by atoms with Crippen molar-refractivity contribution in [1.82, 2.24) is 14.5 Å². The Morgan fingerprint density at radius 1 is 1.28 bits per heavy atom. The second kappa shape index (κ2) is 7.14. The fourth-order valence-electron chi connectivity index (χ4n) is 2.63. The van der Waals surface area contributed by atoms with Crippen LogP contribution in [0.1, 0.15) is 21.6 Å². The highest BCUT2D eigenvalue weighted by Crippen LogP contribution is 2.18. The quantitative estimate of drug-likeness (QED) is 0.485. The Bertz CT molecular complexity index is 1010. The van der Waals surface area contributed by atoms with Crippen LogP contribution in [0.4, 0.5) is 0 Å². The number of benzene rings is 1. The molecule has 0 unspecified atom stereocenters. The summed E-state index contributed by atoms with van der Waals surface area (Å²) in [5, 5.41) is 0.516. The van der Waals surface area contributed by atoms with Gasteiger partial charge >= 0.3 is 0 Å². The van der Waals surface area contributed by atoms with E-state index < -0.39 is 0 Å². The average Bonchev–Trinajstić information content (AvgIpc) is 2.64. The predicted octanol–water partition coefficient (Wildman–Crippen LogP) is 2.73. The molecule has 6 nitrogen and oxygen atoms in total. The van der Waals surface area contributed by atoms with E-state index in [-0.39, 0.29) is 22.4 Å². The van der Waals surface area contributed by atoms with Gasteiger partial charge in [0.05, 0.1) is 30.7 Å². The van der Waals surface area contributed by atoms with Gasteiger partial charge in [-0.25, -0.2) is 4.98 Å². The second-order valence-electron chi connectivity index (χ2n) is 5.58. The number of aromatic nitrogens is 3. The third-order valence-electron chi connectivity index (χ3n) is 4.02. The molecule has 0 saturated carbocycles. The molecule has 25 heavy (non-hydrogen) atoms. The number of aryl methyl sites for hydroxylation is 1. The van der Waals surface area contributed by atoms with Gasteiger partial charge < -0.3 is 4.74 Å². The second-order valence-corrected chi connectivity index (χ2v) is 6.14. The maximum absolute atomic E-state index is 12.8. The number of nitrogens with zero attached hydrogens (tertiary/aromatic N) is 3. The maximum Gasteiger partial charge on any atom is 0.261 e. The fraction of sp³-hybridized carbons (Fsp3) is 0.222. The van der Waals surface area contributed by atoms with Crippen LogP contribution in [-0.4, -0.2) is 32.8 Å². The predicted molar refractivity (Wildman–Crippen MR) is 98.8 cm³/mol. The molecule has 3 aromatic rings. The van der Waals surface area contributed by atoms with Crippen LogP contribution >= 0.6 is 15.9 Å². The molecule has 128 valence electrons. The van der Waals surface area contributed by atoms with E-state index in [9.17, 15) is 9.59 Å². The van der Waals surface area contributed by atoms with E-state index in [1.165, 1.54) is 17.1 Å². The van der Waals surface area contributed by atoms with Gasteiger partial charge in [0, 0.05) is 6.20 Å². The van der Waals surface area contributed by atoms with Gasteiger partial charge in [-0.05, 0) is 36.2 Å². The van der Waals surface area contributed by atoms with Gasteiger partial charge in [0.25, 0.3) is 5.56 Å². The summed E-state index contributed by atoms with van der Waals surface area (Å²) < 4.78 is 6.73. The molecule has 0 spiro atoms. The Morgan fingerprint density at radius 2 is 2.08 bits per heavy atom. The van der Waals surface area contributed by atoms with Gasteiger partial charge in [0.2, 0.25) is 0 Å². The van der Waals surface area contributed by atoms with Crippen LogP contribution in [0.25, 0.3) is 10.9 Å². The molecule has 0 N–H and O–H groups in total. The Balaban J connectivity index is 2.06. The lowest BCUT2D eigenvalue weighted by atomic mass is 10.1. The van der Waals surface area contributed by atoms with Crippen molar-refractivity contribution in [1.29, 1.82) is 0 Å². The number of hydrogen-bond donors (Lipinski definition) is 0. The Labute approximate surface area is 152 Å². The van der Waals surface area contributed by atoms with Crippen molar-refractivity contribution in [2.24, 2.45) is 0 Å². The monoisotopic (exact) mass is 401 g/mol. The molecule has 0 saturated heterocycles. The van der Waals surface area contributed by atoms with E-state index in [4.69, 9.17) is 4.74 Å². The van der Waals surface area contributed by atoms with Gasteiger partial charge in [-0.2, -0.15) is 0 Å². The minimum atomic E-state index is -0.207. The first kappa shape index (κ1) is 17.3. The van der Waals surface area contributed by atoms with E-state index in [0.29, 0.717) is 17.4 Å². The average molecular weight is 402 g/mol. The zero-order chi connectivity index (χ0) is 18.0. The van der Waals surface area contributed by atoms with Crippen LogP contribution in [0, 0.1) is 6.92 Å². The molecule has 0 bridgehead atoms. The summed E-state index contributed by atoms with van der Waals surface area (Å²) in [4.78, 5) is 33.1. The molecular weight excluding hydrogens is 386 g/mol. The molecule has 0 aliphatic heterocycles. The molecule has 2 aromatic heterocycles. The zero-order valence-corrected chi connectivity index (χ0v) is 15.4. The maximum atomic E-state index is 12.8. The highest BCUT2D eigenvalue weighted by atomic mass is 79.9. The first-order chi connectivity index (χ1) is 12.0. The third kappa shape index (κ3) is 3.32. The lowest BCUT2D eigenvalue weighted by Crippen LogP contribution is -2.22. The molecule has 0 aliphatic carbocycles. The lowest BCUT2D eigenvalue weighted by molar-refractivity contribution is 0.102. The highest BCUT2D eigenvalue weighted by Gasteiger charge is 2.15. The number of rotatable bonds is 5. The molecular formula is C18H16BrN3O3. The summed E-state index contributed by atoms with van der Waals surface area (Å²) in [5.41, 5.74) is 2.36. The SMILES string of the molecule is COc1ccc(Cn2cnc3c(C(=O)CBr)nccc3c2=O)c(C)c1. The summed E-state index contributed by atoms with van der Waals surface area (Å²) in [6.07, 6.45) is 2.92. The van der Waals surface area contributed by atoms with Crippen molar-refractivity contribution in [3.8, 4) is 5.75 Å². The van der Waals surface area contributed by atoms with Gasteiger partial charge in [0.1, 0.15) is 17.0 Å². The number of pyridine rings is 1. The molecule has 1 aromatic carbocycles. The number of ether oxygens (including phenoxy) is 1. The van der Waals surface area contributed by atoms with Crippen LogP contribution in [0.3, 0.4) is 0 Å². The molecule has 0 amide bonds. The van der Waals surface area contributed by atoms with E-state index >= 15 is 0 Å². The molecule has 0 aliphatic rings. The van der Waals surface area contributed by atoms with Crippen molar-refractivity contribution in [3.05, 3.63) is 64.0 Å². The van der Waals surface area contributed by atoms with Crippen molar-refractivity contribution < 1.29 is 9.53 Å². The molecule has 0 radical (unpaired) electrons. The number of hydrogen-bond acceptors (Lipinski definition) is 5. The summed E-state index contributed by atoms with van der Waals surface area (Å²) in [5.74, 6) is 0.565. The summed E-state index contributed by atoms with van der Waals surface area (Å²) >= 11 is 3.12. The summed E-state index contributed by atoms with van der Waals surface area (Å²) in [6.45, 7) is 2.36. The molecule has 7 heteroatoms. The lowest BCUT2D eigenvalue weighted by Gasteiger charge is -2.11. The third-order valence-corrected chi connectivity index (χ3v) is 4.53. The fourth-order valence-corrected chi connectivity index (χ4v) is 2.89. The van der Waals surface area contributed by atoms with E-state index in [2.05, 4.69) is 25.9 Å². The molecule has 0 atom stereocenters. The van der Waals surface area contributed by atoms with E-state index in [0.717, 1.165) is 16.9 Å². The minimum Gasteiger partial charge on any atom is -0.497 e. The van der Waals surface area contributed by atoms with Crippen molar-refractivity contribution in [2.45, 2.75) is 13.5 Å². The van der Waals surface area contributed by atoms with Gasteiger partial charge in [-0.15, -0.1) is 0 Å². The number of methoxy groups -OCH3 is 1. The van der Waals surface area contributed by atoms with Crippen LogP contribution in [0.2, 0.25) is 0 Å². The number of halogens is 1. The largest absolute Gasteiger partial charge is 0.497 e. The highest BCUT2D eigenvalue weighted by molar-refractivity contribution is 9.09. The smallest absolute Gasteiger partial charge is 0.261 e. The van der Waals surface area contributed by atoms with Gasteiger partial charge in [-0.3, -0.25) is 19.1 Å². The Kier molecular flexibility index (Phi) is 4.94. The van der Waals surface area contributed by atoms with Gasteiger partial charge in [-0.1, -0.05) is 22.0 Å². The van der Waals surface area contributed by atoms with E-state index in [1.54, 1.807) is 13.2 Å². The van der Waals surface area contributed by atoms with E-state index in [1.807, 2.05) is 25.1 Å². The summed E-state index contributed by atoms with van der Waals surface area (Å²) in [6, 6.07) is 7.30. The molecule has 2 heterocycles. The first-order valence-corrected chi connectivity index (χ1v) is 8.74.